The highest BCUT2D eigenvalue weighted by Crippen LogP contribution is 2.31. The van der Waals surface area contributed by atoms with Crippen LogP contribution in [0.3, 0.4) is 0 Å². The number of nitrogens with two attached hydrogens (primary N) is 1. The predicted molar refractivity (Wildman–Crippen MR) is 118 cm³/mol. The lowest BCUT2D eigenvalue weighted by Gasteiger charge is -2.24. The summed E-state index contributed by atoms with van der Waals surface area (Å²) in [5.74, 6) is 0.955. The molecule has 11 heteroatoms. The molecule has 2 heterocycles. The number of rotatable bonds is 8. The Morgan fingerprint density at radius 3 is 2.84 bits per heavy atom. The van der Waals surface area contributed by atoms with Gasteiger partial charge in [0, 0.05) is 30.9 Å². The summed E-state index contributed by atoms with van der Waals surface area (Å²) in [4.78, 5) is 10.9. The van der Waals surface area contributed by atoms with E-state index in [2.05, 4.69) is 25.5 Å². The minimum Gasteiger partial charge on any atom is -0.383 e. The molecule has 0 unspecified atom stereocenters. The van der Waals surface area contributed by atoms with Crippen LogP contribution in [0.2, 0.25) is 0 Å². The number of anilines is 4. The number of sulfonamides is 1. The van der Waals surface area contributed by atoms with E-state index in [1.165, 1.54) is 12.1 Å². The first-order valence-electron chi connectivity index (χ1n) is 9.37. The van der Waals surface area contributed by atoms with Crippen molar-refractivity contribution in [1.29, 1.82) is 0 Å². The molecule has 0 spiro atoms. The molecule has 0 atom stereocenters. The highest BCUT2D eigenvalue weighted by atomic mass is 32.2. The fraction of sp³-hybridized carbons (Fsp3) is 0.150. The maximum absolute atomic E-state index is 11.6. The van der Waals surface area contributed by atoms with Crippen molar-refractivity contribution in [3.63, 3.8) is 0 Å². The van der Waals surface area contributed by atoms with Crippen LogP contribution in [0.5, 0.6) is 0 Å². The second-order valence-electron chi connectivity index (χ2n) is 6.69. The van der Waals surface area contributed by atoms with Gasteiger partial charge in [-0.2, -0.15) is 10.1 Å². The maximum atomic E-state index is 11.6. The molecule has 4 rings (SSSR count). The minimum absolute atomic E-state index is 0.00186. The van der Waals surface area contributed by atoms with E-state index in [9.17, 15) is 8.42 Å². The van der Waals surface area contributed by atoms with Crippen LogP contribution in [0.25, 0.3) is 10.9 Å². The van der Waals surface area contributed by atoms with Gasteiger partial charge in [-0.15, -0.1) is 0 Å². The molecule has 2 aromatic heterocycles. The van der Waals surface area contributed by atoms with Gasteiger partial charge in [0.1, 0.15) is 5.82 Å². The Morgan fingerprint density at radius 1 is 1.19 bits per heavy atom. The van der Waals surface area contributed by atoms with E-state index in [-0.39, 0.29) is 4.90 Å². The fourth-order valence-corrected chi connectivity index (χ4v) is 3.73. The maximum Gasteiger partial charge on any atom is 0.238 e. The van der Waals surface area contributed by atoms with E-state index in [0.717, 1.165) is 16.6 Å². The van der Waals surface area contributed by atoms with Gasteiger partial charge >= 0.3 is 0 Å². The molecule has 160 valence electrons. The highest BCUT2D eigenvalue weighted by Gasteiger charge is 2.16. The number of fused-ring (bicyclic) bond motifs is 1. The van der Waals surface area contributed by atoms with Crippen LogP contribution in [0.15, 0.2) is 65.8 Å². The second kappa shape index (κ2) is 8.68. The van der Waals surface area contributed by atoms with Crippen LogP contribution in [0, 0.1) is 0 Å². The first-order valence-corrected chi connectivity index (χ1v) is 10.9. The van der Waals surface area contributed by atoms with Gasteiger partial charge in [-0.3, -0.25) is 5.10 Å². The number of aromatic amines is 1. The summed E-state index contributed by atoms with van der Waals surface area (Å²) in [7, 11) is -2.17. The summed E-state index contributed by atoms with van der Waals surface area (Å²) >= 11 is 0. The normalized spacial score (nSPS) is 11.5. The third kappa shape index (κ3) is 4.63. The SMILES string of the molecule is COCCN(c1ccnc(Nc2cccc(S(N)(=O)=O)c2)n1)c1cccc2[nH]ncc12. The van der Waals surface area contributed by atoms with Crippen LogP contribution >= 0.6 is 0 Å². The van der Waals surface area contributed by atoms with Crippen molar-refractivity contribution in [2.75, 3.05) is 30.5 Å². The number of methoxy groups -OCH3 is 1. The number of benzene rings is 2. The number of primary sulfonamides is 1. The number of hydrogen-bond acceptors (Lipinski definition) is 8. The smallest absolute Gasteiger partial charge is 0.238 e. The van der Waals surface area contributed by atoms with E-state index in [4.69, 9.17) is 9.88 Å². The lowest BCUT2D eigenvalue weighted by atomic mass is 10.2. The van der Waals surface area contributed by atoms with Crippen molar-refractivity contribution < 1.29 is 13.2 Å². The molecule has 0 aliphatic carbocycles. The first-order chi connectivity index (χ1) is 15.0. The van der Waals surface area contributed by atoms with Gasteiger partial charge in [0.2, 0.25) is 16.0 Å². The molecule has 0 fully saturated rings. The Morgan fingerprint density at radius 2 is 2.03 bits per heavy atom. The molecular weight excluding hydrogens is 418 g/mol. The Labute approximate surface area is 179 Å². The van der Waals surface area contributed by atoms with Crippen molar-refractivity contribution in [3.05, 3.63) is 60.9 Å². The molecule has 2 aromatic carbocycles. The Kier molecular flexibility index (Phi) is 5.80. The Hall–Kier alpha value is -3.54. The van der Waals surface area contributed by atoms with Gasteiger partial charge in [0.15, 0.2) is 0 Å². The van der Waals surface area contributed by atoms with E-state index >= 15 is 0 Å². The lowest BCUT2D eigenvalue weighted by Crippen LogP contribution is -2.23. The van der Waals surface area contributed by atoms with Crippen molar-refractivity contribution >= 4 is 44.1 Å². The molecule has 0 saturated heterocycles. The highest BCUT2D eigenvalue weighted by molar-refractivity contribution is 7.89. The molecule has 0 aliphatic rings. The first kappa shape index (κ1) is 20.7. The lowest BCUT2D eigenvalue weighted by molar-refractivity contribution is 0.207. The number of H-pyrrole nitrogens is 1. The number of nitrogens with zero attached hydrogens (tertiary/aromatic N) is 4. The molecule has 0 aliphatic heterocycles. The summed E-state index contributed by atoms with van der Waals surface area (Å²) in [6.07, 6.45) is 3.40. The van der Waals surface area contributed by atoms with Crippen LogP contribution < -0.4 is 15.4 Å². The molecule has 4 aromatic rings. The predicted octanol–water partition coefficient (Wildman–Crippen LogP) is 2.53. The third-order valence-corrected chi connectivity index (χ3v) is 5.52. The molecule has 0 radical (unpaired) electrons. The summed E-state index contributed by atoms with van der Waals surface area (Å²) in [6.45, 7) is 1.04. The van der Waals surface area contributed by atoms with Crippen molar-refractivity contribution in [1.82, 2.24) is 20.2 Å². The van der Waals surface area contributed by atoms with E-state index in [0.29, 0.717) is 30.6 Å². The van der Waals surface area contributed by atoms with E-state index in [1.807, 2.05) is 23.1 Å². The quantitative estimate of drug-likeness (QED) is 0.381. The Bertz CT molecular complexity index is 1310. The number of aromatic nitrogens is 4. The van der Waals surface area contributed by atoms with E-state index < -0.39 is 10.0 Å². The monoisotopic (exact) mass is 439 g/mol. The zero-order valence-electron chi connectivity index (χ0n) is 16.7. The standard InChI is InChI=1S/C20H21N7O3S/c1-30-11-10-27(18-7-3-6-17-16(18)13-23-26-17)19-8-9-22-20(25-19)24-14-4-2-5-15(12-14)31(21,28)29/h2-9,12-13H,10-11H2,1H3,(H,23,26)(H2,21,28,29)(H,22,24,25). The zero-order chi connectivity index (χ0) is 21.8. The van der Waals surface area contributed by atoms with Gasteiger partial charge < -0.3 is 15.0 Å². The summed E-state index contributed by atoms with van der Waals surface area (Å²) in [5, 5.41) is 16.3. The summed E-state index contributed by atoms with van der Waals surface area (Å²) in [6, 6.07) is 13.8. The average Bonchev–Trinajstić information content (AvgIpc) is 3.23. The van der Waals surface area contributed by atoms with Crippen LogP contribution in [0.4, 0.5) is 23.1 Å². The molecule has 31 heavy (non-hydrogen) atoms. The van der Waals surface area contributed by atoms with Crippen LogP contribution in [-0.4, -0.2) is 48.8 Å². The van der Waals surface area contributed by atoms with Gasteiger partial charge in [0.25, 0.3) is 0 Å². The van der Waals surface area contributed by atoms with E-state index in [1.54, 1.807) is 37.7 Å². The number of ether oxygens (including phenoxy) is 1. The molecule has 0 saturated carbocycles. The molecule has 0 bridgehead atoms. The summed E-state index contributed by atoms with van der Waals surface area (Å²) < 4.78 is 28.5. The topological polar surface area (TPSA) is 139 Å². The molecule has 10 nitrogen and oxygen atoms in total. The van der Waals surface area contributed by atoms with Gasteiger partial charge in [0.05, 0.1) is 28.9 Å². The van der Waals surface area contributed by atoms with Gasteiger partial charge in [-0.25, -0.2) is 18.5 Å². The molecular formula is C20H21N7O3S. The Balaban J connectivity index is 1.69. The zero-order valence-corrected chi connectivity index (χ0v) is 17.5. The van der Waals surface area contributed by atoms with Crippen molar-refractivity contribution in [2.24, 2.45) is 5.14 Å². The van der Waals surface area contributed by atoms with Crippen molar-refractivity contribution in [3.8, 4) is 0 Å². The van der Waals surface area contributed by atoms with Crippen LogP contribution in [0.1, 0.15) is 0 Å². The minimum atomic E-state index is -3.81. The number of hydrogen-bond donors (Lipinski definition) is 3. The number of nitrogens with one attached hydrogen (secondary N) is 2. The van der Waals surface area contributed by atoms with Gasteiger partial charge in [-0.05, 0) is 36.4 Å². The van der Waals surface area contributed by atoms with Gasteiger partial charge in [-0.1, -0.05) is 12.1 Å². The van der Waals surface area contributed by atoms with Crippen LogP contribution in [-0.2, 0) is 14.8 Å². The summed E-state index contributed by atoms with van der Waals surface area (Å²) in [5.41, 5.74) is 2.33. The molecule has 0 amide bonds. The molecule has 4 N–H and O–H groups in total. The largest absolute Gasteiger partial charge is 0.383 e. The second-order valence-corrected chi connectivity index (χ2v) is 8.25. The average molecular weight is 440 g/mol. The third-order valence-electron chi connectivity index (χ3n) is 4.61. The fourth-order valence-electron chi connectivity index (χ4n) is 3.17. The van der Waals surface area contributed by atoms with Crippen molar-refractivity contribution in [2.45, 2.75) is 4.90 Å².